The minimum absolute atomic E-state index is 0.359. The van der Waals surface area contributed by atoms with Crippen LogP contribution >= 0.6 is 11.3 Å². The maximum Gasteiger partial charge on any atom is 0.308 e. The highest BCUT2D eigenvalue weighted by molar-refractivity contribution is 7.16. The Bertz CT molecular complexity index is 949. The Morgan fingerprint density at radius 3 is 2.77 bits per heavy atom. The average molecular weight is 427 g/mol. The minimum atomic E-state index is -0.738. The number of piperidine rings is 1. The number of carbonyl (C=O) groups is 1. The molecular weight excluding hydrogens is 400 g/mol. The Balaban J connectivity index is 1.56. The number of hydrogen-bond donors (Lipinski definition) is 2. The summed E-state index contributed by atoms with van der Waals surface area (Å²) in [5, 5.41) is 22.5. The number of nitrogens with one attached hydrogen (secondary N) is 1. The third-order valence-electron chi connectivity index (χ3n) is 6.12. The summed E-state index contributed by atoms with van der Waals surface area (Å²) in [6, 6.07) is 3.91. The van der Waals surface area contributed by atoms with Crippen molar-refractivity contribution < 1.29 is 9.90 Å². The number of carboxylic acid groups (broad SMARTS) is 1. The summed E-state index contributed by atoms with van der Waals surface area (Å²) in [7, 11) is 0. The van der Waals surface area contributed by atoms with E-state index in [0.717, 1.165) is 18.7 Å². The molecule has 2 aromatic heterocycles. The van der Waals surface area contributed by atoms with Crippen molar-refractivity contribution in [2.75, 3.05) is 23.3 Å². The van der Waals surface area contributed by atoms with Gasteiger partial charge in [-0.1, -0.05) is 43.4 Å². The van der Waals surface area contributed by atoms with E-state index in [2.05, 4.69) is 26.3 Å². The number of aromatic nitrogens is 3. The van der Waals surface area contributed by atoms with Gasteiger partial charge in [-0.15, -0.1) is 0 Å². The first kappa shape index (κ1) is 20.5. The second kappa shape index (κ2) is 8.96. The van der Waals surface area contributed by atoms with E-state index in [1.807, 2.05) is 17.9 Å². The number of aryl methyl sites for hydroxylation is 1. The van der Waals surface area contributed by atoms with E-state index in [4.69, 9.17) is 5.26 Å². The normalized spacial score (nSPS) is 22.5. The van der Waals surface area contributed by atoms with Crippen molar-refractivity contribution >= 4 is 34.2 Å². The second-order valence-electron chi connectivity index (χ2n) is 8.30. The average Bonchev–Trinajstić information content (AvgIpc) is 3.21. The molecule has 1 saturated heterocycles. The van der Waals surface area contributed by atoms with Crippen molar-refractivity contribution in [1.29, 1.82) is 5.26 Å². The van der Waals surface area contributed by atoms with Gasteiger partial charge in [0.05, 0.1) is 12.1 Å². The van der Waals surface area contributed by atoms with Gasteiger partial charge in [-0.3, -0.25) is 4.79 Å². The highest BCUT2D eigenvalue weighted by Crippen LogP contribution is 2.37. The van der Waals surface area contributed by atoms with Crippen molar-refractivity contribution in [2.24, 2.45) is 17.8 Å². The van der Waals surface area contributed by atoms with Crippen molar-refractivity contribution in [2.45, 2.75) is 45.4 Å². The minimum Gasteiger partial charge on any atom is -0.481 e. The summed E-state index contributed by atoms with van der Waals surface area (Å²) in [5.74, 6) is 0.967. The maximum atomic E-state index is 11.9. The van der Waals surface area contributed by atoms with Crippen LogP contribution in [0.25, 0.3) is 0 Å². The first-order valence-corrected chi connectivity index (χ1v) is 11.3. The van der Waals surface area contributed by atoms with Gasteiger partial charge >= 0.3 is 5.97 Å². The summed E-state index contributed by atoms with van der Waals surface area (Å²) in [5.41, 5.74) is 0.797. The molecule has 158 valence electrons. The second-order valence-corrected chi connectivity index (χ2v) is 9.33. The van der Waals surface area contributed by atoms with Gasteiger partial charge in [0.25, 0.3) is 0 Å². The molecule has 2 fully saturated rings. The third kappa shape index (κ3) is 4.70. The molecule has 9 heteroatoms. The van der Waals surface area contributed by atoms with Crippen LogP contribution in [0.4, 0.5) is 16.9 Å². The van der Waals surface area contributed by atoms with E-state index in [9.17, 15) is 9.90 Å². The van der Waals surface area contributed by atoms with Gasteiger partial charge in [-0.05, 0) is 25.2 Å². The molecule has 4 rings (SSSR count). The molecule has 2 aliphatic rings. The molecule has 0 bridgehead atoms. The van der Waals surface area contributed by atoms with Crippen LogP contribution in [0.3, 0.4) is 0 Å². The smallest absolute Gasteiger partial charge is 0.308 e. The van der Waals surface area contributed by atoms with Gasteiger partial charge < -0.3 is 15.3 Å². The summed E-state index contributed by atoms with van der Waals surface area (Å²) in [6.07, 6.45) is 8.42. The van der Waals surface area contributed by atoms with Crippen LogP contribution in [0.2, 0.25) is 0 Å². The van der Waals surface area contributed by atoms with Crippen LogP contribution in [0.1, 0.15) is 49.1 Å². The lowest BCUT2D eigenvalue weighted by Gasteiger charge is -2.41. The Morgan fingerprint density at radius 1 is 1.27 bits per heavy atom. The van der Waals surface area contributed by atoms with Crippen LogP contribution in [-0.2, 0) is 4.79 Å². The van der Waals surface area contributed by atoms with Crippen LogP contribution in [0.5, 0.6) is 0 Å². The number of carboxylic acids is 1. The largest absolute Gasteiger partial charge is 0.481 e. The van der Waals surface area contributed by atoms with Crippen LogP contribution in [0, 0.1) is 36.0 Å². The number of rotatable bonds is 5. The fourth-order valence-corrected chi connectivity index (χ4v) is 5.30. The van der Waals surface area contributed by atoms with Gasteiger partial charge in [0, 0.05) is 24.8 Å². The molecule has 8 nitrogen and oxygen atoms in total. The number of anilines is 3. The number of nitrogens with zero attached hydrogens (tertiary/aromatic N) is 5. The first-order valence-electron chi connectivity index (χ1n) is 10.5. The molecule has 30 heavy (non-hydrogen) atoms. The van der Waals surface area contributed by atoms with Crippen LogP contribution in [0.15, 0.2) is 12.3 Å². The molecule has 0 aromatic carbocycles. The van der Waals surface area contributed by atoms with Gasteiger partial charge in [0.2, 0.25) is 5.95 Å². The molecule has 0 radical (unpaired) electrons. The predicted octanol–water partition coefficient (Wildman–Crippen LogP) is 3.96. The zero-order chi connectivity index (χ0) is 21.1. The Morgan fingerprint density at radius 2 is 2.07 bits per heavy atom. The maximum absolute atomic E-state index is 11.9. The molecule has 1 aliphatic carbocycles. The van der Waals surface area contributed by atoms with E-state index < -0.39 is 11.9 Å². The molecule has 0 unspecified atom stereocenters. The van der Waals surface area contributed by atoms with E-state index in [-0.39, 0.29) is 0 Å². The van der Waals surface area contributed by atoms with Crippen molar-refractivity contribution in [1.82, 2.24) is 15.0 Å². The molecular formula is C21H26N6O2S. The standard InChI is InChI=1S/C21H26N6O2S/c1-13-7-18(26-21-23-10-17(9-22)30-21)25-20(24-13)27-11-15(8-16(12-27)19(28)29)14-5-3-2-4-6-14/h7,10,14-16H,2-6,8,11-12H2,1H3,(H,28,29)(H,23,24,25,26)/t15-,16+/m1/s1. The van der Waals surface area contributed by atoms with E-state index in [1.54, 1.807) is 0 Å². The third-order valence-corrected chi connectivity index (χ3v) is 6.94. The summed E-state index contributed by atoms with van der Waals surface area (Å²) in [6.45, 7) is 3.13. The van der Waals surface area contributed by atoms with Gasteiger partial charge in [-0.2, -0.15) is 10.2 Å². The first-order chi connectivity index (χ1) is 14.5. The van der Waals surface area contributed by atoms with Gasteiger partial charge in [-0.25, -0.2) is 9.97 Å². The highest BCUT2D eigenvalue weighted by Gasteiger charge is 2.36. The highest BCUT2D eigenvalue weighted by atomic mass is 32.1. The van der Waals surface area contributed by atoms with Crippen molar-refractivity contribution in [3.63, 3.8) is 0 Å². The summed E-state index contributed by atoms with van der Waals surface area (Å²) >= 11 is 1.26. The molecule has 0 amide bonds. The molecule has 2 atom stereocenters. The molecule has 1 saturated carbocycles. The fourth-order valence-electron chi connectivity index (χ4n) is 4.68. The van der Waals surface area contributed by atoms with Gasteiger partial charge in [0.1, 0.15) is 16.8 Å². The monoisotopic (exact) mass is 426 g/mol. The molecule has 3 heterocycles. The molecule has 2 aromatic rings. The number of nitriles is 1. The van der Waals surface area contributed by atoms with Crippen LogP contribution < -0.4 is 10.2 Å². The van der Waals surface area contributed by atoms with Crippen molar-refractivity contribution in [3.05, 3.63) is 22.8 Å². The lowest BCUT2D eigenvalue weighted by atomic mass is 9.74. The summed E-state index contributed by atoms with van der Waals surface area (Å²) < 4.78 is 0. The van der Waals surface area contributed by atoms with E-state index in [0.29, 0.717) is 40.2 Å². The predicted molar refractivity (Wildman–Crippen MR) is 115 cm³/mol. The lowest BCUT2D eigenvalue weighted by molar-refractivity contribution is -0.142. The Kier molecular flexibility index (Phi) is 6.13. The molecule has 1 aliphatic heterocycles. The lowest BCUT2D eigenvalue weighted by Crippen LogP contribution is -2.46. The number of thiazole rings is 1. The summed E-state index contributed by atoms with van der Waals surface area (Å²) in [4.78, 5) is 27.9. The molecule has 0 spiro atoms. The Hall–Kier alpha value is -2.73. The number of hydrogen-bond acceptors (Lipinski definition) is 8. The SMILES string of the molecule is Cc1cc(Nc2ncc(C#N)s2)nc(N2C[C@@H](C(=O)O)C[C@@H](C3CCCCC3)C2)n1. The zero-order valence-corrected chi connectivity index (χ0v) is 17.9. The molecule has 2 N–H and O–H groups in total. The quantitative estimate of drug-likeness (QED) is 0.738. The fraction of sp³-hybridized carbons (Fsp3) is 0.571. The zero-order valence-electron chi connectivity index (χ0n) is 17.0. The van der Waals surface area contributed by atoms with Crippen LogP contribution in [-0.4, -0.2) is 39.1 Å². The topological polar surface area (TPSA) is 115 Å². The van der Waals surface area contributed by atoms with Gasteiger partial charge in [0.15, 0.2) is 5.13 Å². The van der Waals surface area contributed by atoms with E-state index in [1.165, 1.54) is 49.6 Å². The number of aliphatic carboxylic acids is 1. The van der Waals surface area contributed by atoms with Crippen molar-refractivity contribution in [3.8, 4) is 6.07 Å². The van der Waals surface area contributed by atoms with E-state index >= 15 is 0 Å². The Labute approximate surface area is 180 Å².